The number of nitrogens with one attached hydrogen (secondary N) is 2. The van der Waals surface area contributed by atoms with E-state index >= 15 is 0 Å². The molecule has 0 unspecified atom stereocenters. The van der Waals surface area contributed by atoms with Crippen LogP contribution in [0.2, 0.25) is 0 Å². The maximum atomic E-state index is 10.8. The molecule has 1 heterocycles. The van der Waals surface area contributed by atoms with Gasteiger partial charge in [-0.25, -0.2) is 0 Å². The maximum absolute atomic E-state index is 10.8. The fourth-order valence-corrected chi connectivity index (χ4v) is 1.64. The normalized spacial score (nSPS) is 21.7. The average Bonchev–Trinajstić information content (AvgIpc) is 2.28. The van der Waals surface area contributed by atoms with Crippen LogP contribution in [0.1, 0.15) is 6.92 Å². The zero-order chi connectivity index (χ0) is 11.8. The molecule has 16 heavy (non-hydrogen) atoms. The van der Waals surface area contributed by atoms with Crippen LogP contribution in [0.5, 0.6) is 0 Å². The van der Waals surface area contributed by atoms with Gasteiger partial charge in [-0.3, -0.25) is 9.69 Å². The summed E-state index contributed by atoms with van der Waals surface area (Å²) >= 11 is 0. The van der Waals surface area contributed by atoms with Crippen molar-refractivity contribution in [3.63, 3.8) is 0 Å². The van der Waals surface area contributed by atoms with E-state index in [1.165, 1.54) is 6.08 Å². The van der Waals surface area contributed by atoms with E-state index in [1.54, 1.807) is 0 Å². The van der Waals surface area contributed by atoms with E-state index in [1.807, 2.05) is 0 Å². The predicted molar refractivity (Wildman–Crippen MR) is 63.1 cm³/mol. The van der Waals surface area contributed by atoms with Gasteiger partial charge in [-0.2, -0.15) is 0 Å². The third-order valence-electron chi connectivity index (χ3n) is 2.46. The number of piperazine rings is 1. The van der Waals surface area contributed by atoms with Crippen molar-refractivity contribution in [3.8, 4) is 0 Å². The Labute approximate surface area is 96.8 Å². The number of hydrogen-bond acceptors (Lipinski definition) is 4. The van der Waals surface area contributed by atoms with Crippen molar-refractivity contribution in [1.82, 2.24) is 15.5 Å². The molecule has 0 bridgehead atoms. The van der Waals surface area contributed by atoms with E-state index in [-0.39, 0.29) is 5.91 Å². The summed E-state index contributed by atoms with van der Waals surface area (Å²) in [5.74, 6) is -0.153. The van der Waals surface area contributed by atoms with Crippen LogP contribution in [0, 0.1) is 0 Å². The Hall–Kier alpha value is -0.910. The van der Waals surface area contributed by atoms with E-state index in [0.29, 0.717) is 25.9 Å². The lowest BCUT2D eigenvalue weighted by Gasteiger charge is -2.31. The van der Waals surface area contributed by atoms with Gasteiger partial charge in [0.05, 0.1) is 13.3 Å². The van der Waals surface area contributed by atoms with Gasteiger partial charge in [0.2, 0.25) is 5.91 Å². The van der Waals surface area contributed by atoms with Gasteiger partial charge < -0.3 is 15.4 Å². The second-order valence-corrected chi connectivity index (χ2v) is 3.96. The van der Waals surface area contributed by atoms with E-state index in [2.05, 4.69) is 29.0 Å². The van der Waals surface area contributed by atoms with Gasteiger partial charge in [0, 0.05) is 32.2 Å². The summed E-state index contributed by atoms with van der Waals surface area (Å²) in [5.41, 5.74) is 0. The van der Waals surface area contributed by atoms with Gasteiger partial charge in [-0.15, -0.1) is 0 Å². The molecule has 5 heteroatoms. The van der Waals surface area contributed by atoms with E-state index in [4.69, 9.17) is 4.74 Å². The summed E-state index contributed by atoms with van der Waals surface area (Å²) in [7, 11) is 0. The number of rotatable bonds is 6. The lowest BCUT2D eigenvalue weighted by atomic mass is 10.2. The molecule has 0 radical (unpaired) electrons. The first-order chi connectivity index (χ1) is 7.72. The average molecular weight is 227 g/mol. The Balaban J connectivity index is 1.98. The fourth-order valence-electron chi connectivity index (χ4n) is 1.64. The Morgan fingerprint density at radius 2 is 2.56 bits per heavy atom. The number of nitrogens with zero attached hydrogens (tertiary/aromatic N) is 1. The van der Waals surface area contributed by atoms with Gasteiger partial charge in [0.15, 0.2) is 0 Å². The van der Waals surface area contributed by atoms with Gasteiger partial charge >= 0.3 is 0 Å². The zero-order valence-corrected chi connectivity index (χ0v) is 9.87. The molecule has 0 spiro atoms. The number of carbonyl (C=O) groups is 1. The van der Waals surface area contributed by atoms with Crippen LogP contribution in [0.4, 0.5) is 0 Å². The molecule has 2 N–H and O–H groups in total. The van der Waals surface area contributed by atoms with Gasteiger partial charge in [-0.1, -0.05) is 6.58 Å². The molecule has 1 aliphatic rings. The van der Waals surface area contributed by atoms with Crippen LogP contribution < -0.4 is 10.6 Å². The lowest BCUT2D eigenvalue weighted by molar-refractivity contribution is -0.116. The van der Waals surface area contributed by atoms with Crippen molar-refractivity contribution >= 4 is 5.91 Å². The monoisotopic (exact) mass is 227 g/mol. The molecule has 0 aromatic heterocycles. The van der Waals surface area contributed by atoms with Crippen molar-refractivity contribution in [2.24, 2.45) is 0 Å². The first kappa shape index (κ1) is 13.2. The second-order valence-electron chi connectivity index (χ2n) is 3.96. The third kappa shape index (κ3) is 5.25. The number of hydrogen-bond donors (Lipinski definition) is 2. The summed E-state index contributed by atoms with van der Waals surface area (Å²) in [6.45, 7) is 10.3. The van der Waals surface area contributed by atoms with E-state index in [0.717, 1.165) is 19.6 Å². The first-order valence-corrected chi connectivity index (χ1v) is 5.66. The summed E-state index contributed by atoms with van der Waals surface area (Å²) in [6.07, 6.45) is 1.26. The Morgan fingerprint density at radius 3 is 3.25 bits per heavy atom. The van der Waals surface area contributed by atoms with Gasteiger partial charge in [-0.05, 0) is 13.0 Å². The number of amides is 1. The van der Waals surface area contributed by atoms with Crippen LogP contribution in [0.25, 0.3) is 0 Å². The highest BCUT2D eigenvalue weighted by atomic mass is 16.5. The molecule has 1 amide bonds. The minimum Gasteiger partial charge on any atom is -0.364 e. The molecule has 1 rings (SSSR count). The van der Waals surface area contributed by atoms with Crippen molar-refractivity contribution < 1.29 is 9.53 Å². The lowest BCUT2D eigenvalue weighted by Crippen LogP contribution is -2.49. The SMILES string of the molecule is C=CC(=O)NCCOCN1CCN[C@H](C)C1. The van der Waals surface area contributed by atoms with E-state index < -0.39 is 0 Å². The zero-order valence-electron chi connectivity index (χ0n) is 9.87. The quantitative estimate of drug-likeness (QED) is 0.477. The van der Waals surface area contributed by atoms with Crippen molar-refractivity contribution in [2.75, 3.05) is 39.5 Å². The molecular formula is C11H21N3O2. The molecule has 1 atom stereocenters. The summed E-state index contributed by atoms with van der Waals surface area (Å²) < 4.78 is 5.47. The largest absolute Gasteiger partial charge is 0.364 e. The Kier molecular flexibility index (Phi) is 6.07. The molecule has 0 aromatic carbocycles. The smallest absolute Gasteiger partial charge is 0.243 e. The number of carbonyl (C=O) groups excluding carboxylic acids is 1. The molecule has 1 saturated heterocycles. The van der Waals surface area contributed by atoms with Crippen molar-refractivity contribution in [1.29, 1.82) is 0 Å². The highest BCUT2D eigenvalue weighted by molar-refractivity contribution is 5.86. The molecular weight excluding hydrogens is 206 g/mol. The van der Waals surface area contributed by atoms with Gasteiger partial charge in [0.1, 0.15) is 0 Å². The Morgan fingerprint density at radius 1 is 1.75 bits per heavy atom. The first-order valence-electron chi connectivity index (χ1n) is 5.66. The highest BCUT2D eigenvalue weighted by Gasteiger charge is 2.14. The van der Waals surface area contributed by atoms with Crippen molar-refractivity contribution in [3.05, 3.63) is 12.7 Å². The van der Waals surface area contributed by atoms with Crippen LogP contribution in [-0.2, 0) is 9.53 Å². The predicted octanol–water partition coefficient (Wildman–Crippen LogP) is -0.444. The maximum Gasteiger partial charge on any atom is 0.243 e. The summed E-state index contributed by atoms with van der Waals surface area (Å²) in [5, 5.41) is 6.04. The van der Waals surface area contributed by atoms with Crippen LogP contribution in [0.15, 0.2) is 12.7 Å². The molecule has 1 fully saturated rings. The molecule has 0 aromatic rings. The van der Waals surface area contributed by atoms with E-state index in [9.17, 15) is 4.79 Å². The Bertz CT molecular complexity index is 233. The molecule has 0 aliphatic carbocycles. The summed E-state index contributed by atoms with van der Waals surface area (Å²) in [6, 6.07) is 0.526. The molecule has 0 saturated carbocycles. The minimum absolute atomic E-state index is 0.153. The molecule has 1 aliphatic heterocycles. The van der Waals surface area contributed by atoms with Crippen LogP contribution >= 0.6 is 0 Å². The van der Waals surface area contributed by atoms with Crippen LogP contribution in [-0.4, -0.2) is 56.4 Å². The second kappa shape index (κ2) is 7.38. The van der Waals surface area contributed by atoms with Gasteiger partial charge in [0.25, 0.3) is 0 Å². The topological polar surface area (TPSA) is 53.6 Å². The van der Waals surface area contributed by atoms with Crippen LogP contribution in [0.3, 0.4) is 0 Å². The minimum atomic E-state index is -0.153. The third-order valence-corrected chi connectivity index (χ3v) is 2.46. The number of ether oxygens (including phenoxy) is 1. The standard InChI is InChI=1S/C11H21N3O2/c1-3-11(15)13-5-7-16-9-14-6-4-12-10(2)8-14/h3,10,12H,1,4-9H2,2H3,(H,13,15)/t10-/m1/s1. The highest BCUT2D eigenvalue weighted by Crippen LogP contribution is 1.97. The summed E-state index contributed by atoms with van der Waals surface area (Å²) in [4.78, 5) is 13.1. The molecule has 92 valence electrons. The fraction of sp³-hybridized carbons (Fsp3) is 0.727. The van der Waals surface area contributed by atoms with Crippen molar-refractivity contribution in [2.45, 2.75) is 13.0 Å². The molecule has 5 nitrogen and oxygen atoms in total.